The lowest BCUT2D eigenvalue weighted by Gasteiger charge is -2.28. The summed E-state index contributed by atoms with van der Waals surface area (Å²) in [6.07, 6.45) is 0.302. The Morgan fingerprint density at radius 2 is 2.20 bits per heavy atom. The summed E-state index contributed by atoms with van der Waals surface area (Å²) in [5, 5.41) is 8.94. The van der Waals surface area contributed by atoms with E-state index in [-0.39, 0.29) is 18.0 Å². The third-order valence-corrected chi connectivity index (χ3v) is 2.79. The molecule has 0 radical (unpaired) electrons. The van der Waals surface area contributed by atoms with Crippen LogP contribution in [0, 0.1) is 0 Å². The highest BCUT2D eigenvalue weighted by atomic mass is 35.5. The van der Waals surface area contributed by atoms with Crippen molar-refractivity contribution in [3.63, 3.8) is 0 Å². The number of aliphatic hydroxyl groups excluding tert-OH is 1. The van der Waals surface area contributed by atoms with Gasteiger partial charge < -0.3 is 14.7 Å². The Balaban J connectivity index is 2.60. The number of hydrogen-bond donors (Lipinski definition) is 1. The molecule has 0 spiro atoms. The molecule has 0 bridgehead atoms. The van der Waals surface area contributed by atoms with Crippen LogP contribution in [-0.2, 0) is 4.74 Å². The van der Waals surface area contributed by atoms with Crippen molar-refractivity contribution in [1.29, 1.82) is 0 Å². The first-order chi connectivity index (χ1) is 6.85. The predicted molar refractivity (Wildman–Crippen MR) is 58.1 cm³/mol. The first kappa shape index (κ1) is 12.6. The van der Waals surface area contributed by atoms with Crippen molar-refractivity contribution in [3.8, 4) is 0 Å². The average Bonchev–Trinajstić information content (AvgIpc) is 2.43. The van der Waals surface area contributed by atoms with E-state index in [1.165, 1.54) is 4.90 Å². The zero-order valence-corrected chi connectivity index (χ0v) is 10.1. The van der Waals surface area contributed by atoms with Gasteiger partial charge in [-0.3, -0.25) is 0 Å². The average molecular weight is 236 g/mol. The van der Waals surface area contributed by atoms with Gasteiger partial charge in [0.25, 0.3) is 0 Å². The maximum absolute atomic E-state index is 11.7. The van der Waals surface area contributed by atoms with Crippen LogP contribution in [0.1, 0.15) is 27.2 Å². The molecule has 0 aromatic rings. The van der Waals surface area contributed by atoms with Gasteiger partial charge in [-0.25, -0.2) is 4.79 Å². The van der Waals surface area contributed by atoms with Gasteiger partial charge in [0.1, 0.15) is 5.60 Å². The lowest BCUT2D eigenvalue weighted by molar-refractivity contribution is 0.0178. The minimum Gasteiger partial charge on any atom is -0.444 e. The van der Waals surface area contributed by atoms with Crippen molar-refractivity contribution < 1.29 is 14.6 Å². The fourth-order valence-corrected chi connectivity index (χ4v) is 1.89. The molecular weight excluding hydrogens is 218 g/mol. The van der Waals surface area contributed by atoms with Crippen LogP contribution in [0.15, 0.2) is 0 Å². The molecule has 1 saturated heterocycles. The zero-order chi connectivity index (χ0) is 11.6. The van der Waals surface area contributed by atoms with Gasteiger partial charge in [0, 0.05) is 6.54 Å². The third-order valence-electron chi connectivity index (χ3n) is 2.28. The lowest BCUT2D eigenvalue weighted by atomic mass is 10.2. The maximum Gasteiger partial charge on any atom is 0.410 e. The molecule has 2 atom stereocenters. The van der Waals surface area contributed by atoms with Crippen LogP contribution >= 0.6 is 11.6 Å². The molecule has 15 heavy (non-hydrogen) atoms. The van der Waals surface area contributed by atoms with Crippen LogP contribution in [0.5, 0.6) is 0 Å². The van der Waals surface area contributed by atoms with Crippen molar-refractivity contribution in [2.75, 3.05) is 13.2 Å². The van der Waals surface area contributed by atoms with Crippen molar-refractivity contribution in [3.05, 3.63) is 0 Å². The number of amides is 1. The molecule has 0 aromatic heterocycles. The maximum atomic E-state index is 11.7. The SMILES string of the molecule is CC(C)(C)OC(=O)N1CC[C@@H](Cl)[C@@H]1CO. The second-order valence-corrected chi connectivity index (χ2v) is 5.29. The molecule has 1 N–H and O–H groups in total. The monoisotopic (exact) mass is 235 g/mol. The van der Waals surface area contributed by atoms with E-state index in [0.717, 1.165) is 0 Å². The number of ether oxygens (including phenoxy) is 1. The zero-order valence-electron chi connectivity index (χ0n) is 9.36. The summed E-state index contributed by atoms with van der Waals surface area (Å²) in [5.74, 6) is 0. The summed E-state index contributed by atoms with van der Waals surface area (Å²) in [7, 11) is 0. The van der Waals surface area contributed by atoms with E-state index in [0.29, 0.717) is 13.0 Å². The first-order valence-electron chi connectivity index (χ1n) is 5.09. The number of alkyl halides is 1. The van der Waals surface area contributed by atoms with Crippen LogP contribution in [0.3, 0.4) is 0 Å². The fourth-order valence-electron chi connectivity index (χ4n) is 1.58. The Hall–Kier alpha value is -0.480. The molecule has 5 heteroatoms. The van der Waals surface area contributed by atoms with Crippen LogP contribution < -0.4 is 0 Å². The number of nitrogens with zero attached hydrogens (tertiary/aromatic N) is 1. The van der Waals surface area contributed by atoms with E-state index in [1.807, 2.05) is 20.8 Å². The van der Waals surface area contributed by atoms with Gasteiger partial charge in [-0.15, -0.1) is 11.6 Å². The second-order valence-electron chi connectivity index (χ2n) is 4.73. The van der Waals surface area contributed by atoms with Crippen LogP contribution in [0.4, 0.5) is 4.79 Å². The molecule has 0 aliphatic carbocycles. The number of carbonyl (C=O) groups excluding carboxylic acids is 1. The van der Waals surface area contributed by atoms with Gasteiger partial charge in [0.2, 0.25) is 0 Å². The molecule has 1 heterocycles. The molecule has 0 unspecified atom stereocenters. The smallest absolute Gasteiger partial charge is 0.410 e. The second kappa shape index (κ2) is 4.58. The van der Waals surface area contributed by atoms with Crippen LogP contribution in [0.2, 0.25) is 0 Å². The van der Waals surface area contributed by atoms with E-state index in [9.17, 15) is 4.79 Å². The third kappa shape index (κ3) is 3.24. The van der Waals surface area contributed by atoms with Crippen molar-refractivity contribution in [2.45, 2.75) is 44.2 Å². The molecule has 1 fully saturated rings. The summed E-state index contributed by atoms with van der Waals surface area (Å²) in [6, 6.07) is -0.318. The van der Waals surface area contributed by atoms with Crippen molar-refractivity contribution in [1.82, 2.24) is 4.90 Å². The van der Waals surface area contributed by atoms with Crippen LogP contribution in [-0.4, -0.2) is 46.3 Å². The van der Waals surface area contributed by atoms with E-state index < -0.39 is 11.7 Å². The van der Waals surface area contributed by atoms with E-state index >= 15 is 0 Å². The molecule has 0 saturated carbocycles. The standard InChI is InChI=1S/C10H18ClNO3/c1-10(2,3)15-9(14)12-5-4-7(11)8(12)6-13/h7-8,13H,4-6H2,1-3H3/t7-,8+/m1/s1. The fraction of sp³-hybridized carbons (Fsp3) is 0.900. The Morgan fingerprint density at radius 3 is 2.67 bits per heavy atom. The number of aliphatic hydroxyl groups is 1. The van der Waals surface area contributed by atoms with Gasteiger partial charge in [0.15, 0.2) is 0 Å². The summed E-state index contributed by atoms with van der Waals surface area (Å²) in [5.41, 5.74) is -0.512. The summed E-state index contributed by atoms with van der Waals surface area (Å²) in [4.78, 5) is 13.2. The molecule has 1 aliphatic heterocycles. The largest absolute Gasteiger partial charge is 0.444 e. The van der Waals surface area contributed by atoms with Gasteiger partial charge in [-0.2, -0.15) is 0 Å². The van der Waals surface area contributed by atoms with Gasteiger partial charge >= 0.3 is 6.09 Å². The Kier molecular flexibility index (Phi) is 3.84. The van der Waals surface area contributed by atoms with Gasteiger partial charge in [-0.05, 0) is 27.2 Å². The van der Waals surface area contributed by atoms with Crippen LogP contribution in [0.25, 0.3) is 0 Å². The first-order valence-corrected chi connectivity index (χ1v) is 5.53. The van der Waals surface area contributed by atoms with Gasteiger partial charge in [0.05, 0.1) is 18.0 Å². The van der Waals surface area contributed by atoms with E-state index in [4.69, 9.17) is 21.4 Å². The normalized spacial score (nSPS) is 26.9. The van der Waals surface area contributed by atoms with E-state index in [2.05, 4.69) is 0 Å². The Morgan fingerprint density at radius 1 is 1.60 bits per heavy atom. The summed E-state index contributed by atoms with van der Waals surface area (Å²) < 4.78 is 5.22. The molecular formula is C10H18ClNO3. The van der Waals surface area contributed by atoms with Crippen molar-refractivity contribution in [2.24, 2.45) is 0 Å². The number of carbonyl (C=O) groups is 1. The molecule has 0 aromatic carbocycles. The highest BCUT2D eigenvalue weighted by Gasteiger charge is 2.37. The number of likely N-dealkylation sites (tertiary alicyclic amines) is 1. The summed E-state index contributed by atoms with van der Waals surface area (Å²) in [6.45, 7) is 5.87. The minimum atomic E-state index is -0.512. The number of rotatable bonds is 1. The minimum absolute atomic E-state index is 0.118. The molecule has 4 nitrogen and oxygen atoms in total. The van der Waals surface area contributed by atoms with E-state index in [1.54, 1.807) is 0 Å². The topological polar surface area (TPSA) is 49.8 Å². The highest BCUT2D eigenvalue weighted by molar-refractivity contribution is 6.21. The molecule has 1 amide bonds. The predicted octanol–water partition coefficient (Wildman–Crippen LogP) is 1.60. The summed E-state index contributed by atoms with van der Waals surface area (Å²) >= 11 is 5.98. The Bertz CT molecular complexity index is 239. The van der Waals surface area contributed by atoms with Gasteiger partial charge in [-0.1, -0.05) is 0 Å². The molecule has 88 valence electrons. The molecule has 1 aliphatic rings. The lowest BCUT2D eigenvalue weighted by Crippen LogP contribution is -2.43. The number of halogens is 1. The quantitative estimate of drug-likeness (QED) is 0.703. The Labute approximate surface area is 95.2 Å². The highest BCUT2D eigenvalue weighted by Crippen LogP contribution is 2.24. The molecule has 1 rings (SSSR count). The van der Waals surface area contributed by atoms with Crippen molar-refractivity contribution >= 4 is 17.7 Å². The number of hydrogen-bond acceptors (Lipinski definition) is 3.